The van der Waals surface area contributed by atoms with Crippen LogP contribution in [0.4, 0.5) is 0 Å². The summed E-state index contributed by atoms with van der Waals surface area (Å²) >= 11 is 0. The van der Waals surface area contributed by atoms with E-state index in [0.29, 0.717) is 19.6 Å². The van der Waals surface area contributed by atoms with E-state index in [-0.39, 0.29) is 0 Å². The summed E-state index contributed by atoms with van der Waals surface area (Å²) in [7, 11) is 1.67. The van der Waals surface area contributed by atoms with Crippen molar-refractivity contribution in [2.24, 2.45) is 0 Å². The molecule has 1 rings (SSSR count). The molecule has 16 heavy (non-hydrogen) atoms. The van der Waals surface area contributed by atoms with E-state index in [1.807, 2.05) is 0 Å². The van der Waals surface area contributed by atoms with E-state index in [1.54, 1.807) is 25.6 Å². The van der Waals surface area contributed by atoms with Crippen molar-refractivity contribution in [3.63, 3.8) is 0 Å². The third kappa shape index (κ3) is 4.82. The standard InChI is InChI=1S/C11H16N4O/c1-16-9-8-15(7-2-4-12)10-11-13-5-3-6-14-11/h3,5-6H,2,7-10H2,1H3. The fourth-order valence-corrected chi connectivity index (χ4v) is 1.31. The van der Waals surface area contributed by atoms with Crippen LogP contribution >= 0.6 is 0 Å². The first-order chi connectivity index (χ1) is 7.86. The molecule has 0 unspecified atom stereocenters. The van der Waals surface area contributed by atoms with Gasteiger partial charge >= 0.3 is 0 Å². The average Bonchev–Trinajstić information content (AvgIpc) is 2.34. The van der Waals surface area contributed by atoms with Crippen molar-refractivity contribution < 1.29 is 4.74 Å². The molecule has 1 heterocycles. The number of hydrogen-bond acceptors (Lipinski definition) is 5. The second-order valence-corrected chi connectivity index (χ2v) is 3.34. The van der Waals surface area contributed by atoms with E-state index in [9.17, 15) is 0 Å². The summed E-state index contributed by atoms with van der Waals surface area (Å²) in [6.45, 7) is 2.82. The summed E-state index contributed by atoms with van der Waals surface area (Å²) in [5.41, 5.74) is 0. The van der Waals surface area contributed by atoms with Gasteiger partial charge in [0.05, 0.1) is 19.2 Å². The lowest BCUT2D eigenvalue weighted by Gasteiger charge is -2.19. The van der Waals surface area contributed by atoms with Crippen LogP contribution in [0.3, 0.4) is 0 Å². The third-order valence-electron chi connectivity index (χ3n) is 2.14. The summed E-state index contributed by atoms with van der Waals surface area (Å²) in [5, 5.41) is 8.57. The molecule has 0 aromatic carbocycles. The van der Waals surface area contributed by atoms with E-state index in [1.165, 1.54) is 0 Å². The van der Waals surface area contributed by atoms with Gasteiger partial charge < -0.3 is 4.74 Å². The molecule has 0 spiro atoms. The Hall–Kier alpha value is -1.51. The van der Waals surface area contributed by atoms with Crippen LogP contribution in [0.25, 0.3) is 0 Å². The Labute approximate surface area is 95.7 Å². The number of hydrogen-bond donors (Lipinski definition) is 0. The van der Waals surface area contributed by atoms with E-state index in [0.717, 1.165) is 18.9 Å². The second kappa shape index (κ2) is 7.74. The molecule has 0 aliphatic rings. The van der Waals surface area contributed by atoms with Crippen molar-refractivity contribution >= 4 is 0 Å². The van der Waals surface area contributed by atoms with Crippen LogP contribution < -0.4 is 0 Å². The van der Waals surface area contributed by atoms with E-state index in [2.05, 4.69) is 20.9 Å². The van der Waals surface area contributed by atoms with Gasteiger partial charge in [0, 0.05) is 39.0 Å². The van der Waals surface area contributed by atoms with Crippen LogP contribution in [0.2, 0.25) is 0 Å². The number of aromatic nitrogens is 2. The van der Waals surface area contributed by atoms with Crippen molar-refractivity contribution in [2.45, 2.75) is 13.0 Å². The molecule has 0 aliphatic carbocycles. The van der Waals surface area contributed by atoms with E-state index in [4.69, 9.17) is 10.00 Å². The van der Waals surface area contributed by atoms with Crippen molar-refractivity contribution in [3.05, 3.63) is 24.3 Å². The van der Waals surface area contributed by atoms with Gasteiger partial charge in [0.1, 0.15) is 5.82 Å². The van der Waals surface area contributed by atoms with Gasteiger partial charge in [-0.15, -0.1) is 0 Å². The molecule has 0 aliphatic heterocycles. The SMILES string of the molecule is COCCN(CCC#N)Cc1ncccn1. The van der Waals surface area contributed by atoms with Gasteiger partial charge in [-0.2, -0.15) is 5.26 Å². The van der Waals surface area contributed by atoms with Crippen LogP contribution in [0.1, 0.15) is 12.2 Å². The molecule has 0 saturated carbocycles. The molecular formula is C11H16N4O. The smallest absolute Gasteiger partial charge is 0.142 e. The maximum Gasteiger partial charge on any atom is 0.142 e. The predicted octanol–water partition coefficient (Wildman–Crippen LogP) is 0.839. The van der Waals surface area contributed by atoms with Gasteiger partial charge in [-0.25, -0.2) is 9.97 Å². The van der Waals surface area contributed by atoms with E-state index >= 15 is 0 Å². The molecule has 0 bridgehead atoms. The molecule has 1 aromatic heterocycles. The number of methoxy groups -OCH3 is 1. The maximum atomic E-state index is 8.57. The zero-order chi connectivity index (χ0) is 11.6. The quantitative estimate of drug-likeness (QED) is 0.681. The molecule has 5 heteroatoms. The van der Waals surface area contributed by atoms with Crippen molar-refractivity contribution in [1.82, 2.24) is 14.9 Å². The van der Waals surface area contributed by atoms with Gasteiger partial charge in [-0.1, -0.05) is 0 Å². The molecule has 0 amide bonds. The molecule has 0 atom stereocenters. The Morgan fingerprint density at radius 3 is 2.75 bits per heavy atom. The first-order valence-corrected chi connectivity index (χ1v) is 5.21. The predicted molar refractivity (Wildman–Crippen MR) is 59.4 cm³/mol. The highest BCUT2D eigenvalue weighted by Gasteiger charge is 2.06. The molecule has 0 saturated heterocycles. The summed E-state index contributed by atoms with van der Waals surface area (Å²) in [6.07, 6.45) is 3.96. The normalized spacial score (nSPS) is 10.3. The van der Waals surface area contributed by atoms with Crippen molar-refractivity contribution in [2.75, 3.05) is 26.8 Å². The lowest BCUT2D eigenvalue weighted by atomic mass is 10.3. The first kappa shape index (κ1) is 12.6. The zero-order valence-electron chi connectivity index (χ0n) is 9.46. The van der Waals surface area contributed by atoms with Gasteiger partial charge in [0.25, 0.3) is 0 Å². The Bertz CT molecular complexity index is 323. The summed E-state index contributed by atoms with van der Waals surface area (Å²) in [5.74, 6) is 0.775. The Morgan fingerprint density at radius 2 is 2.12 bits per heavy atom. The zero-order valence-corrected chi connectivity index (χ0v) is 9.46. The largest absolute Gasteiger partial charge is 0.383 e. The number of rotatable bonds is 7. The maximum absolute atomic E-state index is 8.57. The van der Waals surface area contributed by atoms with Gasteiger partial charge in [-0.3, -0.25) is 4.90 Å². The van der Waals surface area contributed by atoms with Crippen molar-refractivity contribution in [1.29, 1.82) is 5.26 Å². The van der Waals surface area contributed by atoms with Crippen LogP contribution in [-0.4, -0.2) is 41.7 Å². The molecule has 5 nitrogen and oxygen atoms in total. The van der Waals surface area contributed by atoms with Crippen LogP contribution in [-0.2, 0) is 11.3 Å². The topological polar surface area (TPSA) is 62.0 Å². The molecule has 86 valence electrons. The van der Waals surface area contributed by atoms with Gasteiger partial charge in [-0.05, 0) is 6.07 Å². The lowest BCUT2D eigenvalue weighted by Crippen LogP contribution is -2.28. The highest BCUT2D eigenvalue weighted by molar-refractivity contribution is 4.88. The monoisotopic (exact) mass is 220 g/mol. The molecule has 1 aromatic rings. The highest BCUT2D eigenvalue weighted by Crippen LogP contribution is 1.99. The number of nitrogens with zero attached hydrogens (tertiary/aromatic N) is 4. The molecule has 0 radical (unpaired) electrons. The summed E-state index contributed by atoms with van der Waals surface area (Å²) in [6, 6.07) is 3.93. The molecular weight excluding hydrogens is 204 g/mol. The first-order valence-electron chi connectivity index (χ1n) is 5.21. The highest BCUT2D eigenvalue weighted by atomic mass is 16.5. The number of ether oxygens (including phenoxy) is 1. The minimum absolute atomic E-state index is 0.510. The summed E-state index contributed by atoms with van der Waals surface area (Å²) in [4.78, 5) is 10.4. The second-order valence-electron chi connectivity index (χ2n) is 3.34. The Morgan fingerprint density at radius 1 is 1.38 bits per heavy atom. The fourth-order valence-electron chi connectivity index (χ4n) is 1.31. The lowest BCUT2D eigenvalue weighted by molar-refractivity contribution is 0.144. The molecule has 0 fully saturated rings. The Kier molecular flexibility index (Phi) is 6.07. The third-order valence-corrected chi connectivity index (χ3v) is 2.14. The minimum atomic E-state index is 0.510. The van der Waals surface area contributed by atoms with Crippen LogP contribution in [0, 0.1) is 11.3 Å². The number of nitriles is 1. The summed E-state index contributed by atoms with van der Waals surface area (Å²) < 4.78 is 5.02. The van der Waals surface area contributed by atoms with Gasteiger partial charge in [0.2, 0.25) is 0 Å². The van der Waals surface area contributed by atoms with E-state index < -0.39 is 0 Å². The fraction of sp³-hybridized carbons (Fsp3) is 0.545. The average molecular weight is 220 g/mol. The minimum Gasteiger partial charge on any atom is -0.383 e. The molecule has 0 N–H and O–H groups in total. The Balaban J connectivity index is 2.46. The van der Waals surface area contributed by atoms with Gasteiger partial charge in [0.15, 0.2) is 0 Å². The van der Waals surface area contributed by atoms with Crippen molar-refractivity contribution in [3.8, 4) is 6.07 Å². The van der Waals surface area contributed by atoms with Crippen LogP contribution in [0.15, 0.2) is 18.5 Å². The van der Waals surface area contributed by atoms with Crippen LogP contribution in [0.5, 0.6) is 0 Å².